The SMILES string of the molecule is CC(C)(C(=O)NCC1CCCNC1)c1ccc(F)cc1. The first-order chi connectivity index (χ1) is 9.50. The second-order valence-electron chi connectivity index (χ2n) is 6.05. The van der Waals surface area contributed by atoms with Crippen molar-refractivity contribution in [3.8, 4) is 0 Å². The molecule has 1 unspecified atom stereocenters. The number of carbonyl (C=O) groups is 1. The predicted molar refractivity (Wildman–Crippen MR) is 78.0 cm³/mol. The molecule has 20 heavy (non-hydrogen) atoms. The van der Waals surface area contributed by atoms with Crippen molar-refractivity contribution >= 4 is 5.91 Å². The molecule has 1 aromatic carbocycles. The van der Waals surface area contributed by atoms with Gasteiger partial charge in [0.25, 0.3) is 0 Å². The van der Waals surface area contributed by atoms with Gasteiger partial charge in [0.05, 0.1) is 5.41 Å². The van der Waals surface area contributed by atoms with Crippen LogP contribution in [-0.4, -0.2) is 25.5 Å². The number of halogens is 1. The van der Waals surface area contributed by atoms with E-state index in [1.165, 1.54) is 18.6 Å². The number of amides is 1. The van der Waals surface area contributed by atoms with Crippen LogP contribution in [0.25, 0.3) is 0 Å². The monoisotopic (exact) mass is 278 g/mol. The maximum Gasteiger partial charge on any atom is 0.230 e. The Kier molecular flexibility index (Phi) is 4.76. The highest BCUT2D eigenvalue weighted by Gasteiger charge is 2.30. The van der Waals surface area contributed by atoms with Gasteiger partial charge >= 0.3 is 0 Å². The number of rotatable bonds is 4. The van der Waals surface area contributed by atoms with Gasteiger partial charge in [-0.25, -0.2) is 4.39 Å². The first kappa shape index (κ1) is 15.0. The zero-order chi connectivity index (χ0) is 14.6. The summed E-state index contributed by atoms with van der Waals surface area (Å²) >= 11 is 0. The summed E-state index contributed by atoms with van der Waals surface area (Å²) in [4.78, 5) is 12.4. The summed E-state index contributed by atoms with van der Waals surface area (Å²) in [6.07, 6.45) is 2.33. The van der Waals surface area contributed by atoms with E-state index in [0.29, 0.717) is 12.5 Å². The van der Waals surface area contributed by atoms with E-state index >= 15 is 0 Å². The van der Waals surface area contributed by atoms with Crippen LogP contribution in [0.3, 0.4) is 0 Å². The number of hydrogen-bond donors (Lipinski definition) is 2. The van der Waals surface area contributed by atoms with Gasteiger partial charge in [-0.05, 0) is 63.4 Å². The zero-order valence-corrected chi connectivity index (χ0v) is 12.2. The summed E-state index contributed by atoms with van der Waals surface area (Å²) in [6, 6.07) is 6.15. The Bertz CT molecular complexity index is 450. The third kappa shape index (κ3) is 3.57. The molecule has 1 amide bonds. The Balaban J connectivity index is 1.94. The number of nitrogens with one attached hydrogen (secondary N) is 2. The highest BCUT2D eigenvalue weighted by Crippen LogP contribution is 2.23. The van der Waals surface area contributed by atoms with Gasteiger partial charge in [0.1, 0.15) is 5.82 Å². The standard InChI is InChI=1S/C16H23FN2O/c1-16(2,13-5-7-14(17)8-6-13)15(20)19-11-12-4-3-9-18-10-12/h5-8,12,18H,3-4,9-11H2,1-2H3,(H,19,20). The molecule has 110 valence electrons. The molecule has 0 saturated carbocycles. The Morgan fingerprint density at radius 2 is 2.10 bits per heavy atom. The van der Waals surface area contributed by atoms with Crippen molar-refractivity contribution in [2.45, 2.75) is 32.1 Å². The highest BCUT2D eigenvalue weighted by atomic mass is 19.1. The second kappa shape index (κ2) is 6.35. The quantitative estimate of drug-likeness (QED) is 0.886. The van der Waals surface area contributed by atoms with Crippen LogP contribution in [0, 0.1) is 11.7 Å². The highest BCUT2D eigenvalue weighted by molar-refractivity contribution is 5.87. The Morgan fingerprint density at radius 1 is 1.40 bits per heavy atom. The normalized spacial score (nSPS) is 19.6. The van der Waals surface area contributed by atoms with Gasteiger partial charge in [-0.2, -0.15) is 0 Å². The molecule has 2 N–H and O–H groups in total. The molecular weight excluding hydrogens is 255 g/mol. The van der Waals surface area contributed by atoms with Crippen LogP contribution < -0.4 is 10.6 Å². The van der Waals surface area contributed by atoms with Crippen molar-refractivity contribution in [3.63, 3.8) is 0 Å². The van der Waals surface area contributed by atoms with Crippen molar-refractivity contribution in [1.82, 2.24) is 10.6 Å². The summed E-state index contributed by atoms with van der Waals surface area (Å²) in [5.41, 5.74) is 0.189. The number of carbonyl (C=O) groups excluding carboxylic acids is 1. The first-order valence-corrected chi connectivity index (χ1v) is 7.25. The molecule has 0 spiro atoms. The van der Waals surface area contributed by atoms with Crippen LogP contribution in [0.1, 0.15) is 32.3 Å². The average molecular weight is 278 g/mol. The molecule has 3 nitrogen and oxygen atoms in total. The molecule has 1 saturated heterocycles. The van der Waals surface area contributed by atoms with Gasteiger partial charge in [-0.3, -0.25) is 4.79 Å². The van der Waals surface area contributed by atoms with Gasteiger partial charge < -0.3 is 10.6 Å². The minimum atomic E-state index is -0.643. The largest absolute Gasteiger partial charge is 0.355 e. The van der Waals surface area contributed by atoms with Crippen LogP contribution in [0.5, 0.6) is 0 Å². The molecule has 4 heteroatoms. The fraction of sp³-hybridized carbons (Fsp3) is 0.562. The van der Waals surface area contributed by atoms with E-state index in [9.17, 15) is 9.18 Å². The summed E-state index contributed by atoms with van der Waals surface area (Å²) < 4.78 is 13.0. The minimum Gasteiger partial charge on any atom is -0.355 e. The molecular formula is C16H23FN2O. The molecule has 0 bridgehead atoms. The van der Waals surface area contributed by atoms with Gasteiger partial charge in [0, 0.05) is 6.54 Å². The van der Waals surface area contributed by atoms with E-state index in [1.54, 1.807) is 12.1 Å². The van der Waals surface area contributed by atoms with Gasteiger partial charge in [0.2, 0.25) is 5.91 Å². The maximum absolute atomic E-state index is 13.0. The molecule has 0 aromatic heterocycles. The van der Waals surface area contributed by atoms with Crippen LogP contribution in [0.4, 0.5) is 4.39 Å². The lowest BCUT2D eigenvalue weighted by atomic mass is 9.83. The van der Waals surface area contributed by atoms with Crippen molar-refractivity contribution in [3.05, 3.63) is 35.6 Å². The minimum absolute atomic E-state index is 0.00492. The number of piperidine rings is 1. The molecule has 2 rings (SSSR count). The molecule has 0 aliphatic carbocycles. The van der Waals surface area contributed by atoms with Crippen LogP contribution in [0.2, 0.25) is 0 Å². The van der Waals surface area contributed by atoms with E-state index in [0.717, 1.165) is 25.1 Å². The van der Waals surface area contributed by atoms with Crippen LogP contribution in [0.15, 0.2) is 24.3 Å². The fourth-order valence-corrected chi connectivity index (χ4v) is 2.55. The third-order valence-electron chi connectivity index (χ3n) is 4.08. The Hall–Kier alpha value is -1.42. The van der Waals surface area contributed by atoms with E-state index in [-0.39, 0.29) is 11.7 Å². The van der Waals surface area contributed by atoms with Gasteiger partial charge in [0.15, 0.2) is 0 Å². The maximum atomic E-state index is 13.0. The predicted octanol–water partition coefficient (Wildman–Crippen LogP) is 2.22. The fourth-order valence-electron chi connectivity index (χ4n) is 2.55. The van der Waals surface area contributed by atoms with Crippen LogP contribution in [-0.2, 0) is 10.2 Å². The van der Waals surface area contributed by atoms with E-state index in [4.69, 9.17) is 0 Å². The molecule has 1 atom stereocenters. The van der Waals surface area contributed by atoms with Crippen molar-refractivity contribution in [2.24, 2.45) is 5.92 Å². The lowest BCUT2D eigenvalue weighted by Crippen LogP contribution is -2.44. The van der Waals surface area contributed by atoms with Crippen molar-refractivity contribution < 1.29 is 9.18 Å². The number of benzene rings is 1. The summed E-state index contributed by atoms with van der Waals surface area (Å²) in [5, 5.41) is 6.38. The van der Waals surface area contributed by atoms with E-state index in [1.807, 2.05) is 13.8 Å². The Labute approximate surface area is 120 Å². The van der Waals surface area contributed by atoms with Gasteiger partial charge in [-0.1, -0.05) is 12.1 Å². The molecule has 1 fully saturated rings. The second-order valence-corrected chi connectivity index (χ2v) is 6.05. The Morgan fingerprint density at radius 3 is 2.70 bits per heavy atom. The summed E-state index contributed by atoms with van der Waals surface area (Å²) in [7, 11) is 0. The molecule has 1 aliphatic heterocycles. The molecule has 0 radical (unpaired) electrons. The molecule has 1 aromatic rings. The van der Waals surface area contributed by atoms with E-state index in [2.05, 4.69) is 10.6 Å². The zero-order valence-electron chi connectivity index (χ0n) is 12.2. The van der Waals surface area contributed by atoms with E-state index < -0.39 is 5.41 Å². The number of hydrogen-bond acceptors (Lipinski definition) is 2. The topological polar surface area (TPSA) is 41.1 Å². The summed E-state index contributed by atoms with van der Waals surface area (Å²) in [5.74, 6) is 0.227. The first-order valence-electron chi connectivity index (χ1n) is 7.25. The lowest BCUT2D eigenvalue weighted by Gasteiger charge is -2.27. The average Bonchev–Trinajstić information content (AvgIpc) is 2.46. The summed E-state index contributed by atoms with van der Waals surface area (Å²) in [6.45, 7) is 6.49. The smallest absolute Gasteiger partial charge is 0.230 e. The van der Waals surface area contributed by atoms with Gasteiger partial charge in [-0.15, -0.1) is 0 Å². The lowest BCUT2D eigenvalue weighted by molar-refractivity contribution is -0.125. The third-order valence-corrected chi connectivity index (χ3v) is 4.08. The van der Waals surface area contributed by atoms with Crippen LogP contribution >= 0.6 is 0 Å². The van der Waals surface area contributed by atoms with Crippen molar-refractivity contribution in [2.75, 3.05) is 19.6 Å². The van der Waals surface area contributed by atoms with Crippen molar-refractivity contribution in [1.29, 1.82) is 0 Å². The molecule has 1 heterocycles. The molecule has 1 aliphatic rings.